The van der Waals surface area contributed by atoms with E-state index in [-0.39, 0.29) is 5.91 Å². The topological polar surface area (TPSA) is 56.8 Å². The molecular formula is C22H29NO4. The molecule has 0 aliphatic heterocycles. The Hall–Kier alpha value is -2.69. The van der Waals surface area contributed by atoms with Crippen molar-refractivity contribution < 1.29 is 19.0 Å². The predicted molar refractivity (Wildman–Crippen MR) is 107 cm³/mol. The van der Waals surface area contributed by atoms with Gasteiger partial charge in [0, 0.05) is 6.54 Å². The number of ether oxygens (including phenoxy) is 3. The molecule has 0 heterocycles. The van der Waals surface area contributed by atoms with Crippen molar-refractivity contribution in [2.45, 2.75) is 47.3 Å². The molecule has 0 fully saturated rings. The molecule has 1 amide bonds. The molecule has 5 heteroatoms. The molecule has 0 saturated carbocycles. The molecule has 0 aliphatic rings. The maximum absolute atomic E-state index is 12.4. The number of hydrogen-bond donors (Lipinski definition) is 1. The zero-order chi connectivity index (χ0) is 19.8. The second-order valence-corrected chi connectivity index (χ2v) is 6.39. The van der Waals surface area contributed by atoms with Crippen molar-refractivity contribution in [3.63, 3.8) is 0 Å². The quantitative estimate of drug-likeness (QED) is 0.718. The normalized spacial score (nSPS) is 11.6. The summed E-state index contributed by atoms with van der Waals surface area (Å²) in [6.45, 7) is 11.1. The zero-order valence-electron chi connectivity index (χ0n) is 16.8. The number of nitrogens with one attached hydrogen (secondary N) is 1. The van der Waals surface area contributed by atoms with Crippen LogP contribution in [0.4, 0.5) is 0 Å². The highest BCUT2D eigenvalue weighted by molar-refractivity contribution is 5.80. The van der Waals surface area contributed by atoms with E-state index < -0.39 is 6.10 Å². The molecule has 1 atom stereocenters. The van der Waals surface area contributed by atoms with Gasteiger partial charge in [0.2, 0.25) is 0 Å². The lowest BCUT2D eigenvalue weighted by Gasteiger charge is -2.17. The molecule has 0 spiro atoms. The fourth-order valence-electron chi connectivity index (χ4n) is 2.71. The lowest BCUT2D eigenvalue weighted by atomic mass is 10.1. The van der Waals surface area contributed by atoms with E-state index in [0.717, 1.165) is 22.4 Å². The van der Waals surface area contributed by atoms with Gasteiger partial charge >= 0.3 is 0 Å². The number of amides is 1. The van der Waals surface area contributed by atoms with Crippen LogP contribution >= 0.6 is 0 Å². The van der Waals surface area contributed by atoms with Crippen LogP contribution in [-0.4, -0.2) is 25.2 Å². The summed E-state index contributed by atoms with van der Waals surface area (Å²) in [5.74, 6) is 1.96. The second-order valence-electron chi connectivity index (χ2n) is 6.39. The van der Waals surface area contributed by atoms with E-state index >= 15 is 0 Å². The van der Waals surface area contributed by atoms with Crippen molar-refractivity contribution in [3.05, 3.63) is 53.1 Å². The van der Waals surface area contributed by atoms with Gasteiger partial charge in [-0.2, -0.15) is 0 Å². The van der Waals surface area contributed by atoms with E-state index in [1.54, 1.807) is 6.92 Å². The highest BCUT2D eigenvalue weighted by Gasteiger charge is 2.16. The van der Waals surface area contributed by atoms with Crippen molar-refractivity contribution in [2.75, 3.05) is 13.2 Å². The van der Waals surface area contributed by atoms with Crippen LogP contribution in [0, 0.1) is 13.8 Å². The molecule has 2 aromatic carbocycles. The Morgan fingerprint density at radius 2 is 1.63 bits per heavy atom. The third-order valence-electron chi connectivity index (χ3n) is 4.08. The number of carbonyl (C=O) groups is 1. The number of aryl methyl sites for hydroxylation is 2. The number of hydrogen-bond acceptors (Lipinski definition) is 4. The minimum Gasteiger partial charge on any atom is -0.490 e. The molecule has 0 aliphatic carbocycles. The minimum absolute atomic E-state index is 0.165. The average Bonchev–Trinajstić information content (AvgIpc) is 2.64. The molecule has 0 radical (unpaired) electrons. The third kappa shape index (κ3) is 5.91. The first-order chi connectivity index (χ1) is 12.9. The van der Waals surface area contributed by atoms with Gasteiger partial charge in [0.15, 0.2) is 17.6 Å². The fraction of sp³-hybridized carbons (Fsp3) is 0.409. The van der Waals surface area contributed by atoms with Gasteiger partial charge in [0.25, 0.3) is 5.91 Å². The van der Waals surface area contributed by atoms with E-state index in [1.165, 1.54) is 0 Å². The summed E-state index contributed by atoms with van der Waals surface area (Å²) in [5.41, 5.74) is 3.12. The molecule has 0 saturated heterocycles. The fourth-order valence-corrected chi connectivity index (χ4v) is 2.71. The summed E-state index contributed by atoms with van der Waals surface area (Å²) < 4.78 is 17.0. The number of rotatable bonds is 9. The van der Waals surface area contributed by atoms with E-state index in [4.69, 9.17) is 14.2 Å². The Labute approximate surface area is 161 Å². The maximum atomic E-state index is 12.4. The van der Waals surface area contributed by atoms with Crippen molar-refractivity contribution in [3.8, 4) is 17.2 Å². The van der Waals surface area contributed by atoms with Gasteiger partial charge in [-0.05, 0) is 63.9 Å². The molecule has 2 rings (SSSR count). The molecule has 146 valence electrons. The molecular weight excluding hydrogens is 342 g/mol. The second kappa shape index (κ2) is 9.86. The summed E-state index contributed by atoms with van der Waals surface area (Å²) in [4.78, 5) is 12.4. The van der Waals surface area contributed by atoms with Crippen molar-refractivity contribution >= 4 is 5.91 Å². The van der Waals surface area contributed by atoms with Crippen molar-refractivity contribution in [1.29, 1.82) is 0 Å². The van der Waals surface area contributed by atoms with Crippen molar-refractivity contribution in [2.24, 2.45) is 0 Å². The summed E-state index contributed by atoms with van der Waals surface area (Å²) in [6, 6.07) is 11.6. The van der Waals surface area contributed by atoms with Crippen LogP contribution < -0.4 is 19.5 Å². The molecule has 27 heavy (non-hydrogen) atoms. The van der Waals surface area contributed by atoms with Gasteiger partial charge in [0.1, 0.15) is 5.75 Å². The zero-order valence-corrected chi connectivity index (χ0v) is 16.8. The molecule has 1 N–H and O–H groups in total. The van der Waals surface area contributed by atoms with E-state index in [9.17, 15) is 4.79 Å². The minimum atomic E-state index is -0.583. The van der Waals surface area contributed by atoms with Crippen LogP contribution in [-0.2, 0) is 11.3 Å². The number of carbonyl (C=O) groups excluding carboxylic acids is 1. The first-order valence-corrected chi connectivity index (χ1v) is 9.34. The van der Waals surface area contributed by atoms with Crippen LogP contribution in [0.3, 0.4) is 0 Å². The first-order valence-electron chi connectivity index (χ1n) is 9.34. The Morgan fingerprint density at radius 1 is 0.963 bits per heavy atom. The molecule has 2 aromatic rings. The van der Waals surface area contributed by atoms with Gasteiger partial charge < -0.3 is 19.5 Å². The summed E-state index contributed by atoms with van der Waals surface area (Å²) >= 11 is 0. The smallest absolute Gasteiger partial charge is 0.261 e. The lowest BCUT2D eigenvalue weighted by molar-refractivity contribution is -0.127. The van der Waals surface area contributed by atoms with Gasteiger partial charge in [-0.1, -0.05) is 23.8 Å². The first kappa shape index (κ1) is 20.6. The SMILES string of the molecule is CCOc1ccc(CNC(=O)[C@@H](C)Oc2ccc(C)cc2C)cc1OCC. The highest BCUT2D eigenvalue weighted by atomic mass is 16.5. The van der Waals surface area contributed by atoms with Gasteiger partial charge in [-0.25, -0.2) is 0 Å². The Kier molecular flexibility index (Phi) is 7.53. The van der Waals surface area contributed by atoms with Crippen LogP contribution in [0.15, 0.2) is 36.4 Å². The largest absolute Gasteiger partial charge is 0.490 e. The number of benzene rings is 2. The van der Waals surface area contributed by atoms with Crippen LogP contribution in [0.2, 0.25) is 0 Å². The van der Waals surface area contributed by atoms with Crippen LogP contribution in [0.25, 0.3) is 0 Å². The molecule has 0 aromatic heterocycles. The molecule has 5 nitrogen and oxygen atoms in total. The highest BCUT2D eigenvalue weighted by Crippen LogP contribution is 2.28. The Balaban J connectivity index is 1.96. The summed E-state index contributed by atoms with van der Waals surface area (Å²) in [5, 5.41) is 2.91. The van der Waals surface area contributed by atoms with E-state index in [0.29, 0.717) is 31.3 Å². The average molecular weight is 371 g/mol. The van der Waals surface area contributed by atoms with Crippen molar-refractivity contribution in [1.82, 2.24) is 5.32 Å². The van der Waals surface area contributed by atoms with E-state index in [2.05, 4.69) is 5.32 Å². The van der Waals surface area contributed by atoms with Gasteiger partial charge in [-0.15, -0.1) is 0 Å². The van der Waals surface area contributed by atoms with Gasteiger partial charge in [0.05, 0.1) is 13.2 Å². The Bertz CT molecular complexity index is 773. The standard InChI is InChI=1S/C22H29NO4/c1-6-25-20-11-9-18(13-21(20)26-7-2)14-23-22(24)17(5)27-19-10-8-15(3)12-16(19)4/h8-13,17H,6-7,14H2,1-5H3,(H,23,24)/t17-/m1/s1. The van der Waals surface area contributed by atoms with E-state index in [1.807, 2.05) is 64.1 Å². The Morgan fingerprint density at radius 3 is 2.30 bits per heavy atom. The monoisotopic (exact) mass is 371 g/mol. The van der Waals surface area contributed by atoms with Gasteiger partial charge in [-0.3, -0.25) is 4.79 Å². The van der Waals surface area contributed by atoms with Crippen LogP contribution in [0.1, 0.15) is 37.5 Å². The third-order valence-corrected chi connectivity index (χ3v) is 4.08. The summed E-state index contributed by atoms with van der Waals surface area (Å²) in [7, 11) is 0. The maximum Gasteiger partial charge on any atom is 0.261 e. The summed E-state index contributed by atoms with van der Waals surface area (Å²) in [6.07, 6.45) is -0.583. The van der Waals surface area contributed by atoms with Crippen LogP contribution in [0.5, 0.6) is 17.2 Å². The molecule has 0 unspecified atom stereocenters. The lowest BCUT2D eigenvalue weighted by Crippen LogP contribution is -2.36. The molecule has 0 bridgehead atoms. The predicted octanol–water partition coefficient (Wildman–Crippen LogP) is 4.18.